The zero-order valence-corrected chi connectivity index (χ0v) is 50.5. The third-order valence-corrected chi connectivity index (χ3v) is 14.5. The van der Waals surface area contributed by atoms with Crippen LogP contribution in [-0.2, 0) is 28.6 Å². The fraction of sp³-hybridized carbons (Fsp3) is 0.786. The summed E-state index contributed by atoms with van der Waals surface area (Å²) in [5.41, 5.74) is 0. The fourth-order valence-corrected chi connectivity index (χ4v) is 9.57. The number of hydrogen-bond acceptors (Lipinski definition) is 6. The van der Waals surface area contributed by atoms with E-state index >= 15 is 0 Å². The summed E-state index contributed by atoms with van der Waals surface area (Å²) in [4.78, 5) is 37.9. The van der Waals surface area contributed by atoms with Crippen LogP contribution in [0.1, 0.15) is 335 Å². The molecule has 0 aromatic rings. The molecule has 0 aliphatic carbocycles. The quantitative estimate of drug-likeness (QED) is 0.0261. The lowest BCUT2D eigenvalue weighted by atomic mass is 10.0. The van der Waals surface area contributed by atoms with E-state index in [0.717, 1.165) is 116 Å². The fourth-order valence-electron chi connectivity index (χ4n) is 9.57. The zero-order valence-electron chi connectivity index (χ0n) is 50.5. The number of esters is 3. The van der Waals surface area contributed by atoms with E-state index in [1.54, 1.807) is 0 Å². The molecular weight excluding hydrogens is 937 g/mol. The lowest BCUT2D eigenvalue weighted by Crippen LogP contribution is -2.30. The van der Waals surface area contributed by atoms with Crippen molar-refractivity contribution in [1.82, 2.24) is 0 Å². The molecule has 0 amide bonds. The molecule has 0 aromatic carbocycles. The molecule has 6 heteroatoms. The molecule has 0 saturated heterocycles. The standard InChI is InChI=1S/C70H124O6/c1-4-7-10-13-15-17-19-21-23-25-27-29-31-32-33-34-35-36-37-39-40-42-44-46-48-50-52-54-57-60-63-69(72)75-66-67(65-74-68(71)62-59-56-12-9-6-3)76-70(73)64-61-58-55-53-51-49-47-45-43-41-38-30-28-26-24-22-20-18-16-14-11-8-5-2/h8,11,16,18,22,24,28,30,41,43,47,49,67H,4-7,9-10,12-15,17,19-21,23,25-27,29,31-40,42,44-46,48,50-66H2,1-3H3/b11-8-,18-16-,24-22-,30-28-,43-41-,49-47-. The molecule has 0 aliphatic rings. The highest BCUT2D eigenvalue weighted by Gasteiger charge is 2.19. The van der Waals surface area contributed by atoms with Gasteiger partial charge in [0.05, 0.1) is 0 Å². The first kappa shape index (κ1) is 72.8. The Hall–Kier alpha value is -3.15. The van der Waals surface area contributed by atoms with Gasteiger partial charge < -0.3 is 14.2 Å². The van der Waals surface area contributed by atoms with Crippen LogP contribution in [0.3, 0.4) is 0 Å². The molecule has 0 fully saturated rings. The second kappa shape index (κ2) is 64.4. The van der Waals surface area contributed by atoms with Crippen LogP contribution >= 0.6 is 0 Å². The number of rotatable bonds is 60. The van der Waals surface area contributed by atoms with Gasteiger partial charge in [0, 0.05) is 19.3 Å². The van der Waals surface area contributed by atoms with Crippen molar-refractivity contribution in [2.45, 2.75) is 341 Å². The molecule has 1 atom stereocenters. The van der Waals surface area contributed by atoms with Crippen molar-refractivity contribution in [3.8, 4) is 0 Å². The van der Waals surface area contributed by atoms with Crippen molar-refractivity contribution < 1.29 is 28.6 Å². The van der Waals surface area contributed by atoms with Crippen LogP contribution in [0.5, 0.6) is 0 Å². The van der Waals surface area contributed by atoms with Gasteiger partial charge in [-0.2, -0.15) is 0 Å². The van der Waals surface area contributed by atoms with E-state index in [0.29, 0.717) is 19.3 Å². The Morgan fingerprint density at radius 2 is 0.513 bits per heavy atom. The SMILES string of the molecule is CC/C=C\C/C=C\C/C=C\C/C=C\C/C=C\C/C=C\CCCCCCC(=O)OC(COC(=O)CCCCCCC)COC(=O)CCCCCCCCCCCCCCCCCCCCCCCCCCCCCCCC. The third kappa shape index (κ3) is 61.7. The molecule has 6 nitrogen and oxygen atoms in total. The van der Waals surface area contributed by atoms with Crippen molar-refractivity contribution in [2.24, 2.45) is 0 Å². The largest absolute Gasteiger partial charge is 0.462 e. The summed E-state index contributed by atoms with van der Waals surface area (Å²) in [6.45, 7) is 6.46. The highest BCUT2D eigenvalue weighted by molar-refractivity contribution is 5.71. The Balaban J connectivity index is 4.01. The molecule has 0 saturated carbocycles. The average Bonchev–Trinajstić information content (AvgIpc) is 3.42. The van der Waals surface area contributed by atoms with Gasteiger partial charge in [-0.1, -0.05) is 318 Å². The van der Waals surface area contributed by atoms with Gasteiger partial charge in [0.2, 0.25) is 0 Å². The predicted octanol–water partition coefficient (Wildman–Crippen LogP) is 22.5. The van der Waals surface area contributed by atoms with Crippen molar-refractivity contribution in [1.29, 1.82) is 0 Å². The second-order valence-electron chi connectivity index (χ2n) is 22.0. The van der Waals surface area contributed by atoms with Crippen molar-refractivity contribution >= 4 is 17.9 Å². The van der Waals surface area contributed by atoms with Crippen LogP contribution < -0.4 is 0 Å². The molecule has 0 aromatic heterocycles. The number of ether oxygens (including phenoxy) is 3. The van der Waals surface area contributed by atoms with Gasteiger partial charge >= 0.3 is 17.9 Å². The number of carbonyl (C=O) groups excluding carboxylic acids is 3. The van der Waals surface area contributed by atoms with Crippen LogP contribution in [0.4, 0.5) is 0 Å². The maximum atomic E-state index is 12.8. The topological polar surface area (TPSA) is 78.9 Å². The van der Waals surface area contributed by atoms with Crippen LogP contribution in [0, 0.1) is 0 Å². The molecule has 0 bridgehead atoms. The maximum absolute atomic E-state index is 12.8. The lowest BCUT2D eigenvalue weighted by molar-refractivity contribution is -0.167. The van der Waals surface area contributed by atoms with E-state index in [-0.39, 0.29) is 31.1 Å². The summed E-state index contributed by atoms with van der Waals surface area (Å²) >= 11 is 0. The van der Waals surface area contributed by atoms with E-state index < -0.39 is 6.10 Å². The Bertz CT molecular complexity index is 1400. The van der Waals surface area contributed by atoms with Gasteiger partial charge in [-0.25, -0.2) is 0 Å². The Labute approximate surface area is 472 Å². The van der Waals surface area contributed by atoms with Crippen molar-refractivity contribution in [3.63, 3.8) is 0 Å². The summed E-state index contributed by atoms with van der Waals surface area (Å²) in [5, 5.41) is 0. The Morgan fingerprint density at radius 3 is 0.803 bits per heavy atom. The monoisotopic (exact) mass is 1060 g/mol. The van der Waals surface area contributed by atoms with E-state index in [1.165, 1.54) is 180 Å². The van der Waals surface area contributed by atoms with E-state index in [2.05, 4.69) is 93.7 Å². The highest BCUT2D eigenvalue weighted by Crippen LogP contribution is 2.18. The van der Waals surface area contributed by atoms with Crippen LogP contribution in [-0.4, -0.2) is 37.2 Å². The first-order valence-electron chi connectivity index (χ1n) is 32.9. The van der Waals surface area contributed by atoms with Gasteiger partial charge in [0.15, 0.2) is 6.10 Å². The Kier molecular flexibility index (Phi) is 61.7. The maximum Gasteiger partial charge on any atom is 0.306 e. The molecule has 0 radical (unpaired) electrons. The summed E-state index contributed by atoms with van der Waals surface area (Å²) < 4.78 is 16.8. The van der Waals surface area contributed by atoms with Crippen LogP contribution in [0.2, 0.25) is 0 Å². The molecule has 0 aliphatic heterocycles. The molecule has 0 spiro atoms. The van der Waals surface area contributed by atoms with Crippen molar-refractivity contribution in [2.75, 3.05) is 13.2 Å². The summed E-state index contributed by atoms with van der Waals surface area (Å²) in [7, 11) is 0. The van der Waals surface area contributed by atoms with Crippen LogP contribution in [0.15, 0.2) is 72.9 Å². The second-order valence-corrected chi connectivity index (χ2v) is 22.0. The third-order valence-electron chi connectivity index (χ3n) is 14.5. The molecule has 0 heterocycles. The molecule has 0 rings (SSSR count). The summed E-state index contributed by atoms with van der Waals surface area (Å²) in [6, 6.07) is 0. The highest BCUT2D eigenvalue weighted by atomic mass is 16.6. The summed E-state index contributed by atoms with van der Waals surface area (Å²) in [5.74, 6) is -0.910. The van der Waals surface area contributed by atoms with E-state index in [4.69, 9.17) is 14.2 Å². The minimum absolute atomic E-state index is 0.0834. The van der Waals surface area contributed by atoms with E-state index in [1.807, 2.05) is 0 Å². The number of unbranched alkanes of at least 4 members (excludes halogenated alkanes) is 37. The van der Waals surface area contributed by atoms with E-state index in [9.17, 15) is 14.4 Å². The predicted molar refractivity (Wildman–Crippen MR) is 330 cm³/mol. The molecule has 76 heavy (non-hydrogen) atoms. The van der Waals surface area contributed by atoms with Gasteiger partial charge in [-0.15, -0.1) is 0 Å². The molecule has 440 valence electrons. The van der Waals surface area contributed by atoms with Crippen LogP contribution in [0.25, 0.3) is 0 Å². The average molecular weight is 1060 g/mol. The Morgan fingerprint density at radius 1 is 0.276 bits per heavy atom. The molecule has 0 N–H and O–H groups in total. The lowest BCUT2D eigenvalue weighted by Gasteiger charge is -2.18. The zero-order chi connectivity index (χ0) is 55.0. The minimum Gasteiger partial charge on any atom is -0.462 e. The molecule has 1 unspecified atom stereocenters. The number of hydrogen-bond donors (Lipinski definition) is 0. The minimum atomic E-state index is -0.785. The number of carbonyl (C=O) groups is 3. The molecular formula is C70H124O6. The number of allylic oxidation sites excluding steroid dienone is 12. The van der Waals surface area contributed by atoms with Gasteiger partial charge in [-0.05, 0) is 70.6 Å². The van der Waals surface area contributed by atoms with Gasteiger partial charge in [0.25, 0.3) is 0 Å². The van der Waals surface area contributed by atoms with Gasteiger partial charge in [0.1, 0.15) is 13.2 Å². The first-order valence-corrected chi connectivity index (χ1v) is 32.9. The first-order chi connectivity index (χ1) is 37.5. The smallest absolute Gasteiger partial charge is 0.306 e. The van der Waals surface area contributed by atoms with Gasteiger partial charge in [-0.3, -0.25) is 14.4 Å². The summed E-state index contributed by atoms with van der Waals surface area (Å²) in [6.07, 6.45) is 84.1. The van der Waals surface area contributed by atoms with Crippen molar-refractivity contribution in [3.05, 3.63) is 72.9 Å². The normalized spacial score (nSPS) is 12.5.